The van der Waals surface area contributed by atoms with Gasteiger partial charge in [-0.3, -0.25) is 4.21 Å². The number of nitrogens with one attached hydrogen (secondary N) is 1. The van der Waals surface area contributed by atoms with Gasteiger partial charge in [-0.15, -0.1) is 0 Å². The summed E-state index contributed by atoms with van der Waals surface area (Å²) < 4.78 is 36.5. The molecule has 0 fully saturated rings. The summed E-state index contributed by atoms with van der Waals surface area (Å²) in [5, 5.41) is 3.39. The van der Waals surface area contributed by atoms with Gasteiger partial charge in [-0.25, -0.2) is 12.7 Å². The van der Waals surface area contributed by atoms with E-state index in [1.54, 1.807) is 18.4 Å². The molecule has 0 aliphatic heterocycles. The van der Waals surface area contributed by atoms with Crippen LogP contribution in [0.4, 0.5) is 0 Å². The smallest absolute Gasteiger partial charge is 0.242 e. The largest absolute Gasteiger partial charge is 0.309 e. The Morgan fingerprint density at radius 3 is 2.14 bits per heavy atom. The average Bonchev–Trinajstić information content (AvgIpc) is 2.44. The van der Waals surface area contributed by atoms with Crippen molar-refractivity contribution >= 4 is 20.8 Å². The Balaban J connectivity index is 2.76. The van der Waals surface area contributed by atoms with Gasteiger partial charge in [0.1, 0.15) is 0 Å². The summed E-state index contributed by atoms with van der Waals surface area (Å²) in [4.78, 5) is 0.284. The van der Waals surface area contributed by atoms with Crippen LogP contribution in [0.1, 0.15) is 25.5 Å². The van der Waals surface area contributed by atoms with E-state index in [1.165, 1.54) is 18.4 Å². The molecule has 0 bridgehead atoms. The van der Waals surface area contributed by atoms with Crippen LogP contribution in [0.2, 0.25) is 0 Å². The monoisotopic (exact) mass is 332 g/mol. The fraction of sp³-hybridized carbons (Fsp3) is 0.571. The fourth-order valence-electron chi connectivity index (χ4n) is 1.72. The van der Waals surface area contributed by atoms with E-state index in [2.05, 4.69) is 5.32 Å². The minimum atomic E-state index is -3.38. The van der Waals surface area contributed by atoms with Crippen LogP contribution in [0.15, 0.2) is 29.2 Å². The van der Waals surface area contributed by atoms with Gasteiger partial charge in [0.2, 0.25) is 10.0 Å². The van der Waals surface area contributed by atoms with Crippen molar-refractivity contribution in [2.24, 2.45) is 0 Å². The topological polar surface area (TPSA) is 66.5 Å². The highest BCUT2D eigenvalue weighted by Crippen LogP contribution is 2.18. The lowest BCUT2D eigenvalue weighted by atomic mass is 10.1. The summed E-state index contributed by atoms with van der Waals surface area (Å²) in [6, 6.07) is 6.92. The molecule has 0 radical (unpaired) electrons. The molecule has 3 unspecified atom stereocenters. The highest BCUT2D eigenvalue weighted by molar-refractivity contribution is 7.89. The van der Waals surface area contributed by atoms with E-state index in [1.807, 2.05) is 26.0 Å². The predicted octanol–water partition coefficient (Wildman–Crippen LogP) is 1.35. The molecule has 3 atom stereocenters. The molecule has 0 amide bonds. The standard InChI is InChI=1S/C14H24N2O3S2/c1-11(20(5)17)10-15-12(2)13-6-8-14(9-7-13)21(18,19)16(3)4/h6-9,11-12,15H,10H2,1-5H3. The van der Waals surface area contributed by atoms with Crippen LogP contribution >= 0.6 is 0 Å². The maximum atomic E-state index is 12.0. The molecule has 0 aliphatic carbocycles. The first kappa shape index (κ1) is 18.3. The number of hydrogen-bond donors (Lipinski definition) is 1. The van der Waals surface area contributed by atoms with Gasteiger partial charge in [0.05, 0.1) is 4.90 Å². The molecular formula is C14H24N2O3S2. The second-order valence-electron chi connectivity index (χ2n) is 5.30. The zero-order chi connectivity index (χ0) is 16.2. The fourth-order valence-corrected chi connectivity index (χ4v) is 2.95. The van der Waals surface area contributed by atoms with E-state index in [-0.39, 0.29) is 16.2 Å². The molecule has 1 rings (SSSR count). The van der Waals surface area contributed by atoms with Crippen LogP contribution in [0.3, 0.4) is 0 Å². The van der Waals surface area contributed by atoms with Gasteiger partial charge in [0.15, 0.2) is 0 Å². The van der Waals surface area contributed by atoms with Crippen LogP contribution in [0.5, 0.6) is 0 Å². The Morgan fingerprint density at radius 2 is 1.71 bits per heavy atom. The van der Waals surface area contributed by atoms with Crippen LogP contribution in [0.25, 0.3) is 0 Å². The highest BCUT2D eigenvalue weighted by atomic mass is 32.2. The Kier molecular flexibility index (Phi) is 6.52. The van der Waals surface area contributed by atoms with Gasteiger partial charge in [0, 0.05) is 49.0 Å². The molecule has 120 valence electrons. The number of hydrogen-bond acceptors (Lipinski definition) is 4. The molecule has 0 spiro atoms. The van der Waals surface area contributed by atoms with Crippen LogP contribution in [0, 0.1) is 0 Å². The van der Waals surface area contributed by atoms with E-state index < -0.39 is 20.8 Å². The van der Waals surface area contributed by atoms with Crippen LogP contribution in [-0.4, -0.2) is 49.1 Å². The predicted molar refractivity (Wildman–Crippen MR) is 87.3 cm³/mol. The SMILES string of the molecule is CC(NCC(C)S(C)=O)c1ccc(S(=O)(=O)N(C)C)cc1. The van der Waals surface area contributed by atoms with Crippen molar-refractivity contribution in [1.82, 2.24) is 9.62 Å². The Morgan fingerprint density at radius 1 is 1.19 bits per heavy atom. The van der Waals surface area contributed by atoms with Crippen molar-refractivity contribution in [1.29, 1.82) is 0 Å². The molecule has 5 nitrogen and oxygen atoms in total. The molecule has 0 saturated carbocycles. The van der Waals surface area contributed by atoms with E-state index in [9.17, 15) is 12.6 Å². The maximum Gasteiger partial charge on any atom is 0.242 e. The molecular weight excluding hydrogens is 308 g/mol. The molecule has 21 heavy (non-hydrogen) atoms. The summed E-state index contributed by atoms with van der Waals surface area (Å²) in [5.41, 5.74) is 1.00. The van der Waals surface area contributed by atoms with E-state index >= 15 is 0 Å². The number of rotatable bonds is 7. The zero-order valence-electron chi connectivity index (χ0n) is 13.2. The molecule has 1 aromatic rings. The lowest BCUT2D eigenvalue weighted by Gasteiger charge is -2.18. The average molecular weight is 332 g/mol. The lowest BCUT2D eigenvalue weighted by Crippen LogP contribution is -2.29. The van der Waals surface area contributed by atoms with Gasteiger partial charge in [-0.05, 0) is 31.5 Å². The zero-order valence-corrected chi connectivity index (χ0v) is 14.8. The summed E-state index contributed by atoms with van der Waals surface area (Å²) in [5.74, 6) is 0. The second-order valence-corrected chi connectivity index (χ2v) is 9.25. The Hall–Kier alpha value is -0.760. The Bertz CT molecular complexity index is 583. The first-order chi connectivity index (χ1) is 9.66. The molecule has 0 aliphatic rings. The molecule has 0 aromatic heterocycles. The first-order valence-corrected chi connectivity index (χ1v) is 9.80. The van der Waals surface area contributed by atoms with Crippen molar-refractivity contribution in [3.63, 3.8) is 0 Å². The van der Waals surface area contributed by atoms with E-state index in [0.29, 0.717) is 6.54 Å². The quantitative estimate of drug-likeness (QED) is 0.819. The minimum Gasteiger partial charge on any atom is -0.309 e. The van der Waals surface area contributed by atoms with Crippen molar-refractivity contribution in [3.05, 3.63) is 29.8 Å². The third kappa shape index (κ3) is 4.88. The molecule has 0 heterocycles. The first-order valence-electron chi connectivity index (χ1n) is 6.74. The second kappa shape index (κ2) is 7.49. The van der Waals surface area contributed by atoms with Crippen molar-refractivity contribution in [3.8, 4) is 0 Å². The molecule has 0 saturated heterocycles. The third-order valence-electron chi connectivity index (χ3n) is 3.44. The molecule has 7 heteroatoms. The number of benzene rings is 1. The van der Waals surface area contributed by atoms with Gasteiger partial charge < -0.3 is 5.32 Å². The summed E-state index contributed by atoms with van der Waals surface area (Å²) in [6.45, 7) is 4.59. The summed E-state index contributed by atoms with van der Waals surface area (Å²) >= 11 is 0. The van der Waals surface area contributed by atoms with E-state index in [4.69, 9.17) is 0 Å². The van der Waals surface area contributed by atoms with Crippen LogP contribution < -0.4 is 5.32 Å². The number of sulfonamides is 1. The Labute approximate surface area is 130 Å². The maximum absolute atomic E-state index is 12.0. The lowest BCUT2D eigenvalue weighted by molar-refractivity contribution is 0.520. The van der Waals surface area contributed by atoms with Gasteiger partial charge in [-0.2, -0.15) is 0 Å². The normalized spacial score (nSPS) is 16.7. The van der Waals surface area contributed by atoms with Crippen molar-refractivity contribution in [2.45, 2.75) is 30.0 Å². The van der Waals surface area contributed by atoms with Gasteiger partial charge in [-0.1, -0.05) is 12.1 Å². The third-order valence-corrected chi connectivity index (χ3v) is 6.57. The molecule has 1 N–H and O–H groups in total. The van der Waals surface area contributed by atoms with Crippen LogP contribution in [-0.2, 0) is 20.8 Å². The summed E-state index contributed by atoms with van der Waals surface area (Å²) in [7, 11) is -1.21. The summed E-state index contributed by atoms with van der Waals surface area (Å²) in [6.07, 6.45) is 1.69. The highest BCUT2D eigenvalue weighted by Gasteiger charge is 2.17. The van der Waals surface area contributed by atoms with Crippen molar-refractivity contribution < 1.29 is 12.6 Å². The van der Waals surface area contributed by atoms with Gasteiger partial charge >= 0.3 is 0 Å². The van der Waals surface area contributed by atoms with Crippen molar-refractivity contribution in [2.75, 3.05) is 26.9 Å². The number of nitrogens with zero attached hydrogens (tertiary/aromatic N) is 1. The van der Waals surface area contributed by atoms with Gasteiger partial charge in [0.25, 0.3) is 0 Å². The minimum absolute atomic E-state index is 0.0760. The van der Waals surface area contributed by atoms with E-state index in [0.717, 1.165) is 5.56 Å². The molecule has 1 aromatic carbocycles.